The molecule has 1 atom stereocenters. The van der Waals surface area contributed by atoms with Crippen molar-refractivity contribution in [2.45, 2.75) is 26.5 Å². The quantitative estimate of drug-likeness (QED) is 0.825. The molecule has 3 nitrogen and oxygen atoms in total. The number of hydrogen-bond donors (Lipinski definition) is 1. The molecule has 0 spiro atoms. The van der Waals surface area contributed by atoms with Gasteiger partial charge < -0.3 is 5.32 Å². The summed E-state index contributed by atoms with van der Waals surface area (Å²) >= 11 is 11.1. The number of nitrogens with one attached hydrogen (secondary N) is 1. The minimum absolute atomic E-state index is 0.293. The molecule has 0 aliphatic carbocycles. The third-order valence-electron chi connectivity index (χ3n) is 2.65. The molecule has 0 radical (unpaired) electrons. The van der Waals surface area contributed by atoms with Crippen LogP contribution in [0, 0.1) is 0 Å². The van der Waals surface area contributed by atoms with Crippen LogP contribution in [0.1, 0.15) is 18.5 Å². The van der Waals surface area contributed by atoms with E-state index in [0.29, 0.717) is 6.04 Å². The van der Waals surface area contributed by atoms with Crippen molar-refractivity contribution >= 4 is 46.5 Å². The van der Waals surface area contributed by atoms with E-state index in [-0.39, 0.29) is 0 Å². The summed E-state index contributed by atoms with van der Waals surface area (Å²) in [4.78, 5) is 1.01. The summed E-state index contributed by atoms with van der Waals surface area (Å²) in [6.45, 7) is 2.11. The van der Waals surface area contributed by atoms with E-state index in [2.05, 4.69) is 28.5 Å². The average molecular weight is 332 g/mol. The smallest absolute Gasteiger partial charge is 0.179 e. The van der Waals surface area contributed by atoms with Gasteiger partial charge in [-0.25, -0.2) is 0 Å². The zero-order valence-corrected chi connectivity index (χ0v) is 14.0. The van der Waals surface area contributed by atoms with Gasteiger partial charge in [-0.05, 0) is 37.9 Å². The predicted molar refractivity (Wildman–Crippen MR) is 84.7 cm³/mol. The van der Waals surface area contributed by atoms with Gasteiger partial charge in [-0.15, -0.1) is 10.2 Å². The van der Waals surface area contributed by atoms with Crippen molar-refractivity contribution in [2.75, 3.05) is 13.3 Å². The summed E-state index contributed by atoms with van der Waals surface area (Å²) in [6, 6.07) is 6.42. The summed E-state index contributed by atoms with van der Waals surface area (Å²) in [5.41, 5.74) is 1.18. The number of aromatic nitrogens is 2. The molecule has 0 amide bonds. The lowest BCUT2D eigenvalue weighted by Crippen LogP contribution is -2.12. The first-order chi connectivity index (χ1) is 9.13. The van der Waals surface area contributed by atoms with Gasteiger partial charge in [0, 0.05) is 10.9 Å². The van der Waals surface area contributed by atoms with Crippen LogP contribution in [-0.2, 0) is 0 Å². The van der Waals surface area contributed by atoms with E-state index < -0.39 is 0 Å². The van der Waals surface area contributed by atoms with E-state index in [1.807, 2.05) is 25.4 Å². The highest BCUT2D eigenvalue weighted by atomic mass is 35.5. The zero-order chi connectivity index (χ0) is 13.8. The molecule has 1 aromatic heterocycles. The van der Waals surface area contributed by atoms with Crippen molar-refractivity contribution in [2.24, 2.45) is 0 Å². The molecule has 0 bridgehead atoms. The van der Waals surface area contributed by atoms with E-state index in [0.717, 1.165) is 18.6 Å². The van der Waals surface area contributed by atoms with Crippen molar-refractivity contribution in [3.05, 3.63) is 28.8 Å². The van der Waals surface area contributed by atoms with Crippen molar-refractivity contribution in [1.82, 2.24) is 15.5 Å². The second kappa shape index (κ2) is 6.95. The summed E-state index contributed by atoms with van der Waals surface area (Å²) in [5.74, 6) is 0. The number of thioether (sulfide) groups is 1. The lowest BCUT2D eigenvalue weighted by Gasteiger charge is -2.12. The van der Waals surface area contributed by atoms with Crippen LogP contribution >= 0.6 is 46.5 Å². The Bertz CT molecular complexity index is 559. The third kappa shape index (κ3) is 3.86. The van der Waals surface area contributed by atoms with Crippen LogP contribution < -0.4 is 5.32 Å². The number of benzene rings is 1. The van der Waals surface area contributed by atoms with Crippen LogP contribution in [0.5, 0.6) is 0 Å². The van der Waals surface area contributed by atoms with Gasteiger partial charge in [0.1, 0.15) is 0 Å². The highest BCUT2D eigenvalue weighted by molar-refractivity contribution is 8.03. The molecule has 1 heterocycles. The van der Waals surface area contributed by atoms with Gasteiger partial charge in [0.05, 0.1) is 5.02 Å². The van der Waals surface area contributed by atoms with Gasteiger partial charge in [0.2, 0.25) is 0 Å². The zero-order valence-electron chi connectivity index (χ0n) is 10.8. The second-order valence-corrected chi connectivity index (χ2v) is 7.57. The molecule has 0 saturated carbocycles. The fourth-order valence-electron chi connectivity index (χ4n) is 1.45. The van der Waals surface area contributed by atoms with Gasteiger partial charge in [0.15, 0.2) is 8.68 Å². The molecule has 2 rings (SSSR count). The molecule has 0 fully saturated rings. The standard InChI is InChI=1S/C12H14ClN3S3/c1-7(14-2)8-4-5-10(9(13)6-8)18-12-16-15-11(17-3)19-12/h4-7,14H,1-3H3. The second-order valence-electron chi connectivity index (χ2n) is 3.84. The normalized spacial score (nSPS) is 12.6. The number of halogens is 1. The molecule has 0 aliphatic heterocycles. The maximum absolute atomic E-state index is 6.32. The van der Waals surface area contributed by atoms with Crippen LogP contribution in [-0.4, -0.2) is 23.5 Å². The Labute approximate surface area is 130 Å². The van der Waals surface area contributed by atoms with E-state index in [1.54, 1.807) is 34.9 Å². The van der Waals surface area contributed by atoms with Crippen LogP contribution in [0.3, 0.4) is 0 Å². The first-order valence-electron chi connectivity index (χ1n) is 5.66. The van der Waals surface area contributed by atoms with E-state index in [4.69, 9.17) is 11.6 Å². The first-order valence-corrected chi connectivity index (χ1v) is 8.89. The van der Waals surface area contributed by atoms with Gasteiger partial charge in [-0.3, -0.25) is 0 Å². The topological polar surface area (TPSA) is 37.8 Å². The Morgan fingerprint density at radius 1 is 1.32 bits per heavy atom. The first kappa shape index (κ1) is 15.1. The Balaban J connectivity index is 2.17. The number of rotatable bonds is 5. The monoisotopic (exact) mass is 331 g/mol. The summed E-state index contributed by atoms with van der Waals surface area (Å²) in [7, 11) is 1.94. The Kier molecular flexibility index (Phi) is 5.53. The van der Waals surface area contributed by atoms with Crippen LogP contribution in [0.2, 0.25) is 5.02 Å². The van der Waals surface area contributed by atoms with Crippen LogP contribution in [0.4, 0.5) is 0 Å². The lowest BCUT2D eigenvalue weighted by molar-refractivity contribution is 0.652. The fourth-order valence-corrected chi connectivity index (χ4v) is 4.15. The maximum atomic E-state index is 6.32. The largest absolute Gasteiger partial charge is 0.313 e. The molecule has 19 heavy (non-hydrogen) atoms. The molecule has 1 unspecified atom stereocenters. The molecular weight excluding hydrogens is 318 g/mol. The Hall–Kier alpha value is -0.270. The number of nitrogens with zero attached hydrogens (tertiary/aromatic N) is 2. The van der Waals surface area contributed by atoms with Crippen molar-refractivity contribution in [3.63, 3.8) is 0 Å². The predicted octanol–water partition coefficient (Wildman–Crippen LogP) is 4.35. The number of hydrogen-bond acceptors (Lipinski definition) is 6. The van der Waals surface area contributed by atoms with E-state index >= 15 is 0 Å². The molecule has 0 saturated heterocycles. The Morgan fingerprint density at radius 2 is 2.05 bits per heavy atom. The SMILES string of the molecule is CNC(C)c1ccc(Sc2nnc(SC)s2)c(Cl)c1. The fraction of sp³-hybridized carbons (Fsp3) is 0.333. The average Bonchev–Trinajstić information content (AvgIpc) is 2.88. The highest BCUT2D eigenvalue weighted by Gasteiger charge is 2.10. The molecule has 7 heteroatoms. The van der Waals surface area contributed by atoms with Crippen molar-refractivity contribution < 1.29 is 0 Å². The maximum Gasteiger partial charge on any atom is 0.179 e. The van der Waals surface area contributed by atoms with Gasteiger partial charge in [0.25, 0.3) is 0 Å². The Morgan fingerprint density at radius 3 is 2.63 bits per heavy atom. The van der Waals surface area contributed by atoms with E-state index in [9.17, 15) is 0 Å². The van der Waals surface area contributed by atoms with Crippen LogP contribution in [0.15, 0.2) is 31.8 Å². The van der Waals surface area contributed by atoms with Crippen molar-refractivity contribution in [3.8, 4) is 0 Å². The molecule has 2 aromatic rings. The minimum atomic E-state index is 0.293. The lowest BCUT2D eigenvalue weighted by atomic mass is 10.1. The molecule has 102 valence electrons. The van der Waals surface area contributed by atoms with Crippen molar-refractivity contribution in [1.29, 1.82) is 0 Å². The highest BCUT2D eigenvalue weighted by Crippen LogP contribution is 2.37. The van der Waals surface area contributed by atoms with Crippen LogP contribution in [0.25, 0.3) is 0 Å². The third-order valence-corrected chi connectivity index (χ3v) is 6.10. The minimum Gasteiger partial charge on any atom is -0.313 e. The summed E-state index contributed by atoms with van der Waals surface area (Å²) in [5, 5.41) is 12.2. The summed E-state index contributed by atoms with van der Waals surface area (Å²) < 4.78 is 1.89. The molecule has 1 N–H and O–H groups in total. The molecular formula is C12H14ClN3S3. The molecule has 0 aliphatic rings. The van der Waals surface area contributed by atoms with Gasteiger partial charge >= 0.3 is 0 Å². The summed E-state index contributed by atoms with van der Waals surface area (Å²) in [6.07, 6.45) is 2.00. The molecule has 1 aromatic carbocycles. The van der Waals surface area contributed by atoms with Gasteiger partial charge in [-0.1, -0.05) is 52.5 Å². The van der Waals surface area contributed by atoms with E-state index in [1.165, 1.54) is 5.56 Å². The van der Waals surface area contributed by atoms with Gasteiger partial charge in [-0.2, -0.15) is 0 Å².